The summed E-state index contributed by atoms with van der Waals surface area (Å²) < 4.78 is 0. The molecule has 0 spiro atoms. The van der Waals surface area contributed by atoms with E-state index in [1.54, 1.807) is 11.3 Å². The summed E-state index contributed by atoms with van der Waals surface area (Å²) in [6, 6.07) is 0.239. The normalized spacial score (nSPS) is 20.3. The fourth-order valence-corrected chi connectivity index (χ4v) is 5.86. The van der Waals surface area contributed by atoms with Crippen LogP contribution in [0, 0.1) is 0 Å². The van der Waals surface area contributed by atoms with Crippen molar-refractivity contribution in [1.82, 2.24) is 20.2 Å². The number of nitrogens with one attached hydrogen (secondary N) is 2. The molecule has 1 unspecified atom stereocenters. The maximum absolute atomic E-state index is 12.5. The van der Waals surface area contributed by atoms with Gasteiger partial charge < -0.3 is 15.2 Å². The van der Waals surface area contributed by atoms with Crippen LogP contribution in [-0.4, -0.2) is 52.2 Å². The predicted octanol–water partition coefficient (Wildman–Crippen LogP) is 1.92. The highest BCUT2D eigenvalue weighted by Crippen LogP contribution is 2.33. The van der Waals surface area contributed by atoms with E-state index in [1.165, 1.54) is 28.6 Å². The number of rotatable bonds is 4. The molecule has 140 valence electrons. The second kappa shape index (κ2) is 7.70. The number of amides is 1. The lowest BCUT2D eigenvalue weighted by atomic mass is 9.97. The summed E-state index contributed by atoms with van der Waals surface area (Å²) in [5.41, 5.74) is 1.19. The van der Waals surface area contributed by atoms with Gasteiger partial charge in [-0.2, -0.15) is 0 Å². The molecule has 1 aliphatic carbocycles. The van der Waals surface area contributed by atoms with E-state index in [9.17, 15) is 9.59 Å². The molecule has 1 amide bonds. The molecule has 0 aromatic carbocycles. The maximum Gasteiger partial charge on any atom is 0.259 e. The zero-order valence-electron chi connectivity index (χ0n) is 15.0. The van der Waals surface area contributed by atoms with E-state index in [4.69, 9.17) is 0 Å². The van der Waals surface area contributed by atoms with Gasteiger partial charge in [0, 0.05) is 30.6 Å². The maximum atomic E-state index is 12.5. The molecule has 3 heterocycles. The third-order valence-electron chi connectivity index (χ3n) is 5.16. The molecule has 2 aromatic heterocycles. The minimum atomic E-state index is -0.0212. The van der Waals surface area contributed by atoms with Crippen molar-refractivity contribution >= 4 is 39.2 Å². The number of hydrogen-bond acceptors (Lipinski definition) is 6. The first-order valence-electron chi connectivity index (χ1n) is 9.25. The molecule has 2 aliphatic rings. The van der Waals surface area contributed by atoms with Crippen LogP contribution in [0.25, 0.3) is 10.2 Å². The van der Waals surface area contributed by atoms with Gasteiger partial charge in [-0.05, 0) is 38.2 Å². The van der Waals surface area contributed by atoms with Crippen LogP contribution in [0.15, 0.2) is 4.79 Å². The van der Waals surface area contributed by atoms with Crippen molar-refractivity contribution in [2.24, 2.45) is 0 Å². The Kier molecular flexibility index (Phi) is 5.33. The van der Waals surface area contributed by atoms with Crippen molar-refractivity contribution in [3.05, 3.63) is 26.6 Å². The minimum absolute atomic E-state index is 0.0212. The van der Waals surface area contributed by atoms with Crippen LogP contribution in [0.4, 0.5) is 0 Å². The highest BCUT2D eigenvalue weighted by molar-refractivity contribution is 7.99. The van der Waals surface area contributed by atoms with Gasteiger partial charge in [0.25, 0.3) is 5.56 Å². The lowest BCUT2D eigenvalue weighted by Gasteiger charge is -2.33. The minimum Gasteiger partial charge on any atom is -0.337 e. The Bertz CT molecular complexity index is 876. The van der Waals surface area contributed by atoms with Gasteiger partial charge in [0.15, 0.2) is 0 Å². The van der Waals surface area contributed by atoms with Crippen LogP contribution in [0.5, 0.6) is 0 Å². The van der Waals surface area contributed by atoms with Gasteiger partial charge in [-0.25, -0.2) is 4.98 Å². The van der Waals surface area contributed by atoms with Gasteiger partial charge in [-0.3, -0.25) is 9.59 Å². The summed E-state index contributed by atoms with van der Waals surface area (Å²) in [4.78, 5) is 36.7. The first-order valence-corrected chi connectivity index (χ1v) is 11.2. The summed E-state index contributed by atoms with van der Waals surface area (Å²) >= 11 is 3.19. The zero-order valence-corrected chi connectivity index (χ0v) is 16.6. The average molecular weight is 393 g/mol. The van der Waals surface area contributed by atoms with E-state index >= 15 is 0 Å². The summed E-state index contributed by atoms with van der Waals surface area (Å²) in [6.07, 6.45) is 4.41. The molecule has 1 atom stereocenters. The number of aryl methyl sites for hydroxylation is 2. The number of nitrogens with zero attached hydrogens (tertiary/aromatic N) is 2. The molecule has 1 fully saturated rings. The van der Waals surface area contributed by atoms with Crippen molar-refractivity contribution < 1.29 is 4.79 Å². The highest BCUT2D eigenvalue weighted by atomic mass is 32.2. The molecule has 0 bridgehead atoms. The Balaban J connectivity index is 1.43. The lowest BCUT2D eigenvalue weighted by Crippen LogP contribution is -2.52. The smallest absolute Gasteiger partial charge is 0.259 e. The van der Waals surface area contributed by atoms with Gasteiger partial charge in [-0.15, -0.1) is 23.1 Å². The second-order valence-corrected chi connectivity index (χ2v) is 9.11. The lowest BCUT2D eigenvalue weighted by molar-refractivity contribution is -0.131. The first kappa shape index (κ1) is 18.0. The number of piperazine rings is 1. The number of aromatic nitrogens is 2. The molecule has 0 saturated carbocycles. The summed E-state index contributed by atoms with van der Waals surface area (Å²) in [5.74, 6) is 1.82. The molecule has 4 rings (SSSR count). The fraction of sp³-hybridized carbons (Fsp3) is 0.611. The van der Waals surface area contributed by atoms with Gasteiger partial charge in [-0.1, -0.05) is 0 Å². The van der Waals surface area contributed by atoms with Gasteiger partial charge in [0.2, 0.25) is 5.91 Å². The quantitative estimate of drug-likeness (QED) is 0.831. The van der Waals surface area contributed by atoms with Gasteiger partial charge in [0.1, 0.15) is 10.7 Å². The van der Waals surface area contributed by atoms with Gasteiger partial charge in [0.05, 0.1) is 16.9 Å². The summed E-state index contributed by atoms with van der Waals surface area (Å²) in [5, 5.41) is 4.09. The standard InChI is InChI=1S/C18H24N4O2S2/c1-11-8-19-6-7-22(11)15(23)10-25-9-14-20-17(24)16-12-4-2-3-5-13(12)26-18(16)21-14/h11,19H,2-10H2,1H3,(H,20,21,24). The molecule has 1 saturated heterocycles. The third-order valence-corrected chi connectivity index (χ3v) is 7.27. The molecule has 8 heteroatoms. The summed E-state index contributed by atoms with van der Waals surface area (Å²) in [7, 11) is 0. The van der Waals surface area contributed by atoms with Crippen LogP contribution in [-0.2, 0) is 23.4 Å². The second-order valence-electron chi connectivity index (χ2n) is 7.04. The third kappa shape index (κ3) is 3.54. The van der Waals surface area contributed by atoms with E-state index in [0.29, 0.717) is 17.3 Å². The molecule has 2 N–H and O–H groups in total. The number of carbonyl (C=O) groups excluding carboxylic acids is 1. The van der Waals surface area contributed by atoms with Crippen molar-refractivity contribution in [2.45, 2.75) is 44.4 Å². The van der Waals surface area contributed by atoms with Crippen LogP contribution in [0.2, 0.25) is 0 Å². The topological polar surface area (TPSA) is 78.1 Å². The number of fused-ring (bicyclic) bond motifs is 3. The largest absolute Gasteiger partial charge is 0.337 e. The number of aromatic amines is 1. The highest BCUT2D eigenvalue weighted by Gasteiger charge is 2.23. The molecular weight excluding hydrogens is 368 g/mol. The number of hydrogen-bond donors (Lipinski definition) is 2. The molecule has 1 aliphatic heterocycles. The van der Waals surface area contributed by atoms with Crippen LogP contribution in [0.1, 0.15) is 36.0 Å². The van der Waals surface area contributed by atoms with Crippen LogP contribution >= 0.6 is 23.1 Å². The van der Waals surface area contributed by atoms with E-state index in [2.05, 4.69) is 22.2 Å². The molecule has 0 radical (unpaired) electrons. The SMILES string of the molecule is CC1CNCCN1C(=O)CSCc1nc2sc3c(c2c(=O)[nH]1)CCCC3. The number of carbonyl (C=O) groups is 1. The zero-order chi connectivity index (χ0) is 18.1. The first-order chi connectivity index (χ1) is 12.6. The number of thiophene rings is 1. The molecular formula is C18H24N4O2S2. The molecule has 26 heavy (non-hydrogen) atoms. The van der Waals surface area contributed by atoms with Gasteiger partial charge >= 0.3 is 0 Å². The Hall–Kier alpha value is -1.38. The van der Waals surface area contributed by atoms with Crippen molar-refractivity contribution in [1.29, 1.82) is 0 Å². The van der Waals surface area contributed by atoms with E-state index in [-0.39, 0.29) is 17.5 Å². The van der Waals surface area contributed by atoms with Crippen molar-refractivity contribution in [3.63, 3.8) is 0 Å². The predicted molar refractivity (Wildman–Crippen MR) is 107 cm³/mol. The van der Waals surface area contributed by atoms with E-state index in [1.807, 2.05) is 4.90 Å². The van der Waals surface area contributed by atoms with E-state index in [0.717, 1.165) is 49.1 Å². The monoisotopic (exact) mass is 392 g/mol. The fourth-order valence-electron chi connectivity index (χ4n) is 3.81. The summed E-state index contributed by atoms with van der Waals surface area (Å²) in [6.45, 7) is 4.54. The Morgan fingerprint density at radius 3 is 3.08 bits per heavy atom. The van der Waals surface area contributed by atoms with Crippen molar-refractivity contribution in [2.75, 3.05) is 25.4 Å². The molecule has 2 aromatic rings. The van der Waals surface area contributed by atoms with Crippen molar-refractivity contribution in [3.8, 4) is 0 Å². The number of H-pyrrole nitrogens is 1. The van der Waals surface area contributed by atoms with Crippen LogP contribution < -0.4 is 10.9 Å². The Morgan fingerprint density at radius 1 is 1.38 bits per heavy atom. The number of thioether (sulfide) groups is 1. The molecule has 6 nitrogen and oxygen atoms in total. The Labute approximate surface area is 160 Å². The van der Waals surface area contributed by atoms with E-state index < -0.39 is 0 Å². The van der Waals surface area contributed by atoms with Crippen LogP contribution in [0.3, 0.4) is 0 Å². The Morgan fingerprint density at radius 2 is 2.23 bits per heavy atom. The average Bonchev–Trinajstić information content (AvgIpc) is 3.00.